The van der Waals surface area contributed by atoms with Crippen molar-refractivity contribution in [1.82, 2.24) is 14.9 Å². The quantitative estimate of drug-likeness (QED) is 0.769. The normalized spacial score (nSPS) is 12.0. The molecule has 2 aromatic heterocycles. The third kappa shape index (κ3) is 3.31. The summed E-state index contributed by atoms with van der Waals surface area (Å²) >= 11 is 0. The number of amides is 1. The van der Waals surface area contributed by atoms with E-state index < -0.39 is 0 Å². The predicted molar refractivity (Wildman–Crippen MR) is 101 cm³/mol. The number of rotatable bonds is 5. The highest BCUT2D eigenvalue weighted by atomic mass is 16.2. The Morgan fingerprint density at radius 1 is 1.20 bits per heavy atom. The molecule has 3 rings (SSSR count). The van der Waals surface area contributed by atoms with Gasteiger partial charge in [0.2, 0.25) is 0 Å². The lowest BCUT2D eigenvalue weighted by Crippen LogP contribution is -2.31. The standard InChI is InChI=1S/C20H22N4O/c1-4-18(14-9-11-22-12-10-14)24(3)20(25)16-13-19(21-2)23-17-8-6-5-7-15(16)17/h5-13,18H,4H2,1-3H3,(H,21,23)/t18-/m0/s1. The summed E-state index contributed by atoms with van der Waals surface area (Å²) in [5.74, 6) is 0.672. The van der Waals surface area contributed by atoms with Gasteiger partial charge in [0.05, 0.1) is 17.1 Å². The van der Waals surface area contributed by atoms with Gasteiger partial charge in [0.1, 0.15) is 5.82 Å². The lowest BCUT2D eigenvalue weighted by Gasteiger charge is -2.28. The van der Waals surface area contributed by atoms with E-state index in [2.05, 4.69) is 22.2 Å². The van der Waals surface area contributed by atoms with Crippen molar-refractivity contribution < 1.29 is 4.79 Å². The molecule has 128 valence electrons. The summed E-state index contributed by atoms with van der Waals surface area (Å²) in [7, 11) is 3.66. The van der Waals surface area contributed by atoms with Crippen molar-refractivity contribution in [1.29, 1.82) is 0 Å². The SMILES string of the molecule is CC[C@@H](c1ccncc1)N(C)C(=O)c1cc(NC)nc2ccccc12. The largest absolute Gasteiger partial charge is 0.373 e. The molecule has 0 radical (unpaired) electrons. The van der Waals surface area contributed by atoms with Gasteiger partial charge in [-0.1, -0.05) is 25.1 Å². The maximum absolute atomic E-state index is 13.3. The lowest BCUT2D eigenvalue weighted by molar-refractivity contribution is 0.0728. The summed E-state index contributed by atoms with van der Waals surface area (Å²) in [4.78, 5) is 23.7. The zero-order valence-electron chi connectivity index (χ0n) is 14.7. The highest BCUT2D eigenvalue weighted by Gasteiger charge is 2.23. The molecule has 0 aliphatic rings. The fourth-order valence-corrected chi connectivity index (χ4v) is 3.13. The predicted octanol–water partition coefficient (Wildman–Crippen LogP) is 3.89. The Hall–Kier alpha value is -2.95. The molecule has 1 amide bonds. The number of nitrogens with zero attached hydrogens (tertiary/aromatic N) is 3. The third-order valence-electron chi connectivity index (χ3n) is 4.47. The average Bonchev–Trinajstić information content (AvgIpc) is 2.67. The number of benzene rings is 1. The first-order chi connectivity index (χ1) is 12.2. The molecule has 0 bridgehead atoms. The van der Waals surface area contributed by atoms with E-state index in [4.69, 9.17) is 0 Å². The van der Waals surface area contributed by atoms with Crippen LogP contribution in [0.3, 0.4) is 0 Å². The molecule has 3 aromatic rings. The summed E-state index contributed by atoms with van der Waals surface area (Å²) in [5.41, 5.74) is 2.55. The zero-order chi connectivity index (χ0) is 17.8. The number of hydrogen-bond donors (Lipinski definition) is 1. The van der Waals surface area contributed by atoms with Gasteiger partial charge >= 0.3 is 0 Å². The monoisotopic (exact) mass is 334 g/mol. The molecular formula is C20H22N4O. The van der Waals surface area contributed by atoms with E-state index in [-0.39, 0.29) is 11.9 Å². The first-order valence-electron chi connectivity index (χ1n) is 8.40. The van der Waals surface area contributed by atoms with Crippen LogP contribution in [0.1, 0.15) is 35.3 Å². The Labute approximate surface area is 147 Å². The highest BCUT2D eigenvalue weighted by Crippen LogP contribution is 2.27. The molecule has 5 nitrogen and oxygen atoms in total. The van der Waals surface area contributed by atoms with Crippen LogP contribution < -0.4 is 5.32 Å². The van der Waals surface area contributed by atoms with Crippen LogP contribution in [0.25, 0.3) is 10.9 Å². The van der Waals surface area contributed by atoms with Crippen molar-refractivity contribution in [2.24, 2.45) is 0 Å². The van der Waals surface area contributed by atoms with Gasteiger partial charge in [-0.3, -0.25) is 9.78 Å². The first-order valence-corrected chi connectivity index (χ1v) is 8.40. The Morgan fingerprint density at radius 3 is 2.60 bits per heavy atom. The molecule has 1 atom stereocenters. The van der Waals surface area contributed by atoms with E-state index in [9.17, 15) is 4.79 Å². The van der Waals surface area contributed by atoms with E-state index in [0.717, 1.165) is 22.9 Å². The molecule has 0 aliphatic carbocycles. The minimum Gasteiger partial charge on any atom is -0.373 e. The molecule has 1 aromatic carbocycles. The Kier molecular flexibility index (Phi) is 4.93. The van der Waals surface area contributed by atoms with Crippen LogP contribution >= 0.6 is 0 Å². The minimum absolute atomic E-state index is 0.000429. The van der Waals surface area contributed by atoms with Gasteiger partial charge in [0.15, 0.2) is 0 Å². The number of anilines is 1. The Bertz CT molecular complexity index is 879. The molecular weight excluding hydrogens is 312 g/mol. The summed E-state index contributed by atoms with van der Waals surface area (Å²) in [6.07, 6.45) is 4.35. The highest BCUT2D eigenvalue weighted by molar-refractivity contribution is 6.07. The molecule has 0 spiro atoms. The topological polar surface area (TPSA) is 58.1 Å². The lowest BCUT2D eigenvalue weighted by atomic mass is 10.0. The smallest absolute Gasteiger partial charge is 0.254 e. The Balaban J connectivity index is 2.03. The molecule has 0 saturated carbocycles. The van der Waals surface area contributed by atoms with Crippen LogP contribution in [0.4, 0.5) is 5.82 Å². The van der Waals surface area contributed by atoms with Gasteiger partial charge in [-0.2, -0.15) is 0 Å². The van der Waals surface area contributed by atoms with Crippen molar-refractivity contribution in [3.05, 3.63) is 66.0 Å². The number of carbonyl (C=O) groups excluding carboxylic acids is 1. The fourth-order valence-electron chi connectivity index (χ4n) is 3.13. The second-order valence-corrected chi connectivity index (χ2v) is 5.94. The number of carbonyl (C=O) groups is 1. The van der Waals surface area contributed by atoms with Crippen molar-refractivity contribution in [3.8, 4) is 0 Å². The molecule has 0 unspecified atom stereocenters. The van der Waals surface area contributed by atoms with Gasteiger partial charge in [0, 0.05) is 31.9 Å². The fraction of sp³-hybridized carbons (Fsp3) is 0.250. The van der Waals surface area contributed by atoms with Crippen molar-refractivity contribution in [3.63, 3.8) is 0 Å². The maximum atomic E-state index is 13.3. The van der Waals surface area contributed by atoms with E-state index in [1.54, 1.807) is 24.3 Å². The summed E-state index contributed by atoms with van der Waals surface area (Å²) in [6.45, 7) is 2.08. The molecule has 2 heterocycles. The molecule has 0 fully saturated rings. The van der Waals surface area contributed by atoms with E-state index in [1.807, 2.05) is 49.5 Å². The van der Waals surface area contributed by atoms with Crippen LogP contribution in [-0.4, -0.2) is 34.9 Å². The molecule has 0 saturated heterocycles. The number of pyridine rings is 2. The van der Waals surface area contributed by atoms with Crippen molar-refractivity contribution in [2.75, 3.05) is 19.4 Å². The van der Waals surface area contributed by atoms with E-state index in [0.29, 0.717) is 11.4 Å². The van der Waals surface area contributed by atoms with Crippen molar-refractivity contribution in [2.45, 2.75) is 19.4 Å². The molecule has 25 heavy (non-hydrogen) atoms. The number of nitrogens with one attached hydrogen (secondary N) is 1. The third-order valence-corrected chi connectivity index (χ3v) is 4.47. The molecule has 5 heteroatoms. The van der Waals surface area contributed by atoms with Gasteiger partial charge < -0.3 is 10.2 Å². The summed E-state index contributed by atoms with van der Waals surface area (Å²) in [6, 6.07) is 13.5. The summed E-state index contributed by atoms with van der Waals surface area (Å²) < 4.78 is 0. The minimum atomic E-state index is -0.0150. The molecule has 0 aliphatic heterocycles. The van der Waals surface area contributed by atoms with E-state index in [1.165, 1.54) is 0 Å². The number of para-hydroxylation sites is 1. The molecule has 1 N–H and O–H groups in total. The van der Waals surface area contributed by atoms with Gasteiger partial charge in [-0.15, -0.1) is 0 Å². The van der Waals surface area contributed by atoms with Gasteiger partial charge in [-0.25, -0.2) is 4.98 Å². The first kappa shape index (κ1) is 16.9. The van der Waals surface area contributed by atoms with E-state index >= 15 is 0 Å². The van der Waals surface area contributed by atoms with Crippen molar-refractivity contribution >= 4 is 22.6 Å². The van der Waals surface area contributed by atoms with Gasteiger partial charge in [0.25, 0.3) is 5.91 Å². The van der Waals surface area contributed by atoms with Crippen LogP contribution in [-0.2, 0) is 0 Å². The number of aromatic nitrogens is 2. The zero-order valence-corrected chi connectivity index (χ0v) is 14.7. The summed E-state index contributed by atoms with van der Waals surface area (Å²) in [5, 5.41) is 3.90. The van der Waals surface area contributed by atoms with Crippen LogP contribution in [0, 0.1) is 0 Å². The Morgan fingerprint density at radius 2 is 1.92 bits per heavy atom. The second kappa shape index (κ2) is 7.30. The maximum Gasteiger partial charge on any atom is 0.254 e. The van der Waals surface area contributed by atoms with Crippen LogP contribution in [0.2, 0.25) is 0 Å². The number of hydrogen-bond acceptors (Lipinski definition) is 4. The van der Waals surface area contributed by atoms with Crippen LogP contribution in [0.15, 0.2) is 54.9 Å². The second-order valence-electron chi connectivity index (χ2n) is 5.94. The number of fused-ring (bicyclic) bond motifs is 1. The van der Waals surface area contributed by atoms with Crippen LogP contribution in [0.5, 0.6) is 0 Å². The average molecular weight is 334 g/mol. The van der Waals surface area contributed by atoms with Gasteiger partial charge in [-0.05, 0) is 36.2 Å².